The Bertz CT molecular complexity index is 1020. The van der Waals surface area contributed by atoms with Crippen molar-refractivity contribution in [3.63, 3.8) is 0 Å². The topological polar surface area (TPSA) is 102 Å². The number of carbonyl (C=O) groups is 2. The predicted molar refractivity (Wildman–Crippen MR) is 104 cm³/mol. The number of benzene rings is 2. The molecular formula is C19H20N2O6S. The minimum atomic E-state index is -3.68. The fraction of sp³-hybridized carbons (Fsp3) is 0.263. The van der Waals surface area contributed by atoms with Crippen LogP contribution >= 0.6 is 0 Å². The predicted octanol–water partition coefficient (Wildman–Crippen LogP) is 2.27. The van der Waals surface area contributed by atoms with Crippen LogP contribution in [-0.4, -0.2) is 40.2 Å². The normalized spacial score (nSPS) is 18.0. The third-order valence-electron chi connectivity index (χ3n) is 4.37. The Morgan fingerprint density at radius 1 is 1.07 bits per heavy atom. The number of nitrogens with one attached hydrogen (secondary N) is 1. The zero-order valence-electron chi connectivity index (χ0n) is 15.6. The Morgan fingerprint density at radius 3 is 2.25 bits per heavy atom. The third kappa shape index (κ3) is 3.65. The summed E-state index contributed by atoms with van der Waals surface area (Å²) in [6.45, 7) is 1.57. The number of nitrogens with zero attached hydrogens (tertiary/aromatic N) is 1. The van der Waals surface area contributed by atoms with Gasteiger partial charge in [0.15, 0.2) is 11.5 Å². The number of ether oxygens (including phenoxy) is 2. The van der Waals surface area contributed by atoms with Gasteiger partial charge in [-0.15, -0.1) is 0 Å². The van der Waals surface area contributed by atoms with Crippen LogP contribution in [0.3, 0.4) is 0 Å². The molecule has 3 rings (SSSR count). The zero-order valence-corrected chi connectivity index (χ0v) is 16.4. The Hall–Kier alpha value is -3.07. The van der Waals surface area contributed by atoms with E-state index in [1.165, 1.54) is 38.5 Å². The van der Waals surface area contributed by atoms with E-state index in [2.05, 4.69) is 5.32 Å². The van der Waals surface area contributed by atoms with E-state index in [0.717, 1.165) is 4.31 Å². The van der Waals surface area contributed by atoms with E-state index in [-0.39, 0.29) is 17.3 Å². The lowest BCUT2D eigenvalue weighted by atomic mass is 10.1. The smallest absolute Gasteiger partial charge is 0.255 e. The van der Waals surface area contributed by atoms with E-state index < -0.39 is 21.8 Å². The maximum Gasteiger partial charge on any atom is 0.255 e. The molecule has 1 saturated heterocycles. The van der Waals surface area contributed by atoms with Crippen molar-refractivity contribution < 1.29 is 27.5 Å². The molecule has 0 aliphatic carbocycles. The Balaban J connectivity index is 1.79. The molecule has 1 heterocycles. The first-order chi connectivity index (χ1) is 13.3. The van der Waals surface area contributed by atoms with Gasteiger partial charge in [-0.2, -0.15) is 0 Å². The number of methoxy groups -OCH3 is 2. The van der Waals surface area contributed by atoms with Gasteiger partial charge in [0.2, 0.25) is 15.9 Å². The van der Waals surface area contributed by atoms with Gasteiger partial charge in [0.1, 0.15) is 0 Å². The van der Waals surface area contributed by atoms with Gasteiger partial charge in [-0.1, -0.05) is 6.92 Å². The van der Waals surface area contributed by atoms with Crippen molar-refractivity contribution in [2.45, 2.75) is 6.92 Å². The molecule has 28 heavy (non-hydrogen) atoms. The minimum absolute atomic E-state index is 0.215. The van der Waals surface area contributed by atoms with Gasteiger partial charge in [-0.05, 0) is 36.4 Å². The van der Waals surface area contributed by atoms with E-state index >= 15 is 0 Å². The highest BCUT2D eigenvalue weighted by molar-refractivity contribution is 7.94. The summed E-state index contributed by atoms with van der Waals surface area (Å²) in [7, 11) is -0.663. The van der Waals surface area contributed by atoms with Crippen LogP contribution in [-0.2, 0) is 14.8 Å². The molecule has 1 fully saturated rings. The molecule has 9 heteroatoms. The molecule has 0 aromatic heterocycles. The molecule has 0 spiro atoms. The van der Waals surface area contributed by atoms with Crippen molar-refractivity contribution in [2.24, 2.45) is 5.92 Å². The molecule has 2 amide bonds. The molecule has 0 saturated carbocycles. The number of hydrogen-bond acceptors (Lipinski definition) is 6. The van der Waals surface area contributed by atoms with E-state index in [1.807, 2.05) is 0 Å². The van der Waals surface area contributed by atoms with Crippen LogP contribution in [0.25, 0.3) is 0 Å². The van der Waals surface area contributed by atoms with E-state index in [1.54, 1.807) is 25.1 Å². The molecule has 1 N–H and O–H groups in total. The van der Waals surface area contributed by atoms with Gasteiger partial charge in [0.25, 0.3) is 5.91 Å². The van der Waals surface area contributed by atoms with E-state index in [9.17, 15) is 18.0 Å². The number of amides is 2. The number of carbonyl (C=O) groups excluding carboxylic acids is 2. The summed E-state index contributed by atoms with van der Waals surface area (Å²) < 4.78 is 35.5. The largest absolute Gasteiger partial charge is 0.493 e. The minimum Gasteiger partial charge on any atom is -0.493 e. The number of hydrogen-bond donors (Lipinski definition) is 1. The molecule has 2 aromatic carbocycles. The summed E-state index contributed by atoms with van der Waals surface area (Å²) in [5, 5.41) is 2.73. The summed E-state index contributed by atoms with van der Waals surface area (Å²) in [6.07, 6.45) is 0. The van der Waals surface area contributed by atoms with Crippen molar-refractivity contribution in [3.8, 4) is 11.5 Å². The highest BCUT2D eigenvalue weighted by Gasteiger charge is 2.41. The first kappa shape index (κ1) is 19.7. The van der Waals surface area contributed by atoms with Crippen LogP contribution in [0.4, 0.5) is 11.4 Å². The second-order valence-corrected chi connectivity index (χ2v) is 8.22. The van der Waals surface area contributed by atoms with Gasteiger partial charge in [0, 0.05) is 17.3 Å². The van der Waals surface area contributed by atoms with Crippen LogP contribution < -0.4 is 19.1 Å². The van der Waals surface area contributed by atoms with Gasteiger partial charge in [-0.3, -0.25) is 9.59 Å². The fourth-order valence-corrected chi connectivity index (χ4v) is 4.77. The lowest BCUT2D eigenvalue weighted by Crippen LogP contribution is -2.30. The molecule has 1 aliphatic heterocycles. The van der Waals surface area contributed by atoms with Crippen LogP contribution in [0.15, 0.2) is 42.5 Å². The second-order valence-electron chi connectivity index (χ2n) is 6.35. The lowest BCUT2D eigenvalue weighted by molar-refractivity contribution is -0.119. The quantitative estimate of drug-likeness (QED) is 0.820. The summed E-state index contributed by atoms with van der Waals surface area (Å²) in [4.78, 5) is 24.6. The maximum absolute atomic E-state index is 12.5. The van der Waals surface area contributed by atoms with Crippen LogP contribution in [0, 0.1) is 5.92 Å². The zero-order chi connectivity index (χ0) is 20.5. The van der Waals surface area contributed by atoms with Crippen molar-refractivity contribution in [3.05, 3.63) is 48.0 Å². The van der Waals surface area contributed by atoms with Gasteiger partial charge < -0.3 is 14.8 Å². The van der Waals surface area contributed by atoms with Gasteiger partial charge in [-0.25, -0.2) is 12.7 Å². The molecule has 0 radical (unpaired) electrons. The molecule has 8 nitrogen and oxygen atoms in total. The summed E-state index contributed by atoms with van der Waals surface area (Å²) >= 11 is 0. The molecule has 148 valence electrons. The summed E-state index contributed by atoms with van der Waals surface area (Å²) in [5.41, 5.74) is 1.05. The lowest BCUT2D eigenvalue weighted by Gasteiger charge is -2.15. The maximum atomic E-state index is 12.5. The Kier molecular flexibility index (Phi) is 5.28. The first-order valence-electron chi connectivity index (χ1n) is 8.47. The van der Waals surface area contributed by atoms with Crippen molar-refractivity contribution in [1.29, 1.82) is 0 Å². The number of sulfonamides is 1. The van der Waals surface area contributed by atoms with Crippen LogP contribution in [0.5, 0.6) is 11.5 Å². The second kappa shape index (κ2) is 7.51. The van der Waals surface area contributed by atoms with Crippen molar-refractivity contribution in [1.82, 2.24) is 0 Å². The van der Waals surface area contributed by atoms with E-state index in [0.29, 0.717) is 22.7 Å². The van der Waals surface area contributed by atoms with Gasteiger partial charge >= 0.3 is 0 Å². The molecular weight excluding hydrogens is 384 g/mol. The Labute approximate surface area is 163 Å². The average molecular weight is 404 g/mol. The van der Waals surface area contributed by atoms with Gasteiger partial charge in [0.05, 0.1) is 31.6 Å². The monoisotopic (exact) mass is 404 g/mol. The molecule has 2 aromatic rings. The highest BCUT2D eigenvalue weighted by atomic mass is 32.2. The van der Waals surface area contributed by atoms with Crippen LogP contribution in [0.1, 0.15) is 17.3 Å². The van der Waals surface area contributed by atoms with Crippen LogP contribution in [0.2, 0.25) is 0 Å². The molecule has 0 unspecified atom stereocenters. The number of anilines is 2. The first-order valence-corrected chi connectivity index (χ1v) is 10.1. The highest BCUT2D eigenvalue weighted by Crippen LogP contribution is 2.31. The SMILES string of the molecule is COc1ccc(NC(=O)c2ccc(N3C(=O)[C@H](C)CS3(=O)=O)cc2)cc1OC. The molecule has 1 atom stereocenters. The summed E-state index contributed by atoms with van der Waals surface area (Å²) in [6, 6.07) is 10.8. The summed E-state index contributed by atoms with van der Waals surface area (Å²) in [5.74, 6) is -0.644. The van der Waals surface area contributed by atoms with Crippen molar-refractivity contribution >= 4 is 33.2 Å². The molecule has 1 aliphatic rings. The third-order valence-corrected chi connectivity index (χ3v) is 6.23. The average Bonchev–Trinajstić information content (AvgIpc) is 2.88. The Morgan fingerprint density at radius 2 is 1.71 bits per heavy atom. The number of rotatable bonds is 5. The van der Waals surface area contributed by atoms with E-state index in [4.69, 9.17) is 9.47 Å². The van der Waals surface area contributed by atoms with Crippen molar-refractivity contribution in [2.75, 3.05) is 29.6 Å². The standard InChI is InChI=1S/C19H20N2O6S/c1-12-11-28(24,25)21(19(12)23)15-7-4-13(5-8-15)18(22)20-14-6-9-16(26-2)17(10-14)27-3/h4-10,12H,11H2,1-3H3,(H,20,22)/t12-/m1/s1. The fourth-order valence-electron chi connectivity index (χ4n) is 2.95. The molecule has 0 bridgehead atoms.